The summed E-state index contributed by atoms with van der Waals surface area (Å²) in [6, 6.07) is 5.33. The summed E-state index contributed by atoms with van der Waals surface area (Å²) in [5.41, 5.74) is 0. The summed E-state index contributed by atoms with van der Waals surface area (Å²) in [6.45, 7) is 0.604. The first-order valence-corrected chi connectivity index (χ1v) is 7.93. The molecule has 2 rings (SSSR count). The lowest BCUT2D eigenvalue weighted by molar-refractivity contribution is 0.0588. The van der Waals surface area contributed by atoms with E-state index in [2.05, 4.69) is 5.32 Å². The molecule has 2 aromatic rings. The van der Waals surface area contributed by atoms with Crippen molar-refractivity contribution in [2.75, 3.05) is 20.3 Å². The minimum atomic E-state index is -0.591. The van der Waals surface area contributed by atoms with Crippen LogP contribution < -0.4 is 5.32 Å². The van der Waals surface area contributed by atoms with E-state index in [-0.39, 0.29) is 12.5 Å². The fraction of sp³-hybridized carbons (Fsp3) is 0.357. The maximum atomic E-state index is 12.1. The van der Waals surface area contributed by atoms with Crippen LogP contribution in [0.1, 0.15) is 16.1 Å². The van der Waals surface area contributed by atoms with Crippen LogP contribution in [0.4, 0.5) is 0 Å². The first-order chi connectivity index (χ1) is 10.0. The number of ether oxygens (including phenoxy) is 1. The van der Waals surface area contributed by atoms with Crippen LogP contribution in [0.15, 0.2) is 18.2 Å². The van der Waals surface area contributed by atoms with Crippen molar-refractivity contribution in [1.82, 2.24) is 5.32 Å². The third-order valence-corrected chi connectivity index (χ3v) is 4.81. The molecule has 4 nitrogen and oxygen atoms in total. The third kappa shape index (κ3) is 4.08. The highest BCUT2D eigenvalue weighted by atomic mass is 35.5. The summed E-state index contributed by atoms with van der Waals surface area (Å²) >= 11 is 13.5. The molecular weight excluding hydrogens is 333 g/mol. The van der Waals surface area contributed by atoms with Gasteiger partial charge >= 0.3 is 0 Å². The van der Waals surface area contributed by atoms with Gasteiger partial charge in [0.1, 0.15) is 4.88 Å². The molecule has 1 atom stereocenters. The Balaban J connectivity index is 2.04. The molecule has 0 radical (unpaired) electrons. The van der Waals surface area contributed by atoms with Gasteiger partial charge in [0.2, 0.25) is 0 Å². The van der Waals surface area contributed by atoms with Crippen LogP contribution in [-0.4, -0.2) is 37.4 Å². The van der Waals surface area contributed by atoms with Crippen molar-refractivity contribution in [2.24, 2.45) is 0 Å². The Morgan fingerprint density at radius 3 is 2.95 bits per heavy atom. The zero-order chi connectivity index (χ0) is 15.4. The molecule has 1 amide bonds. The number of benzene rings is 1. The molecule has 0 aliphatic carbocycles. The predicted molar refractivity (Wildman–Crippen MR) is 86.7 cm³/mol. The Kier molecular flexibility index (Phi) is 5.84. The summed E-state index contributed by atoms with van der Waals surface area (Å²) < 4.78 is 5.69. The second kappa shape index (κ2) is 7.42. The summed E-state index contributed by atoms with van der Waals surface area (Å²) in [4.78, 5) is 12.6. The molecule has 0 saturated heterocycles. The summed E-state index contributed by atoms with van der Waals surface area (Å²) in [5.74, 6) is -0.248. The molecule has 1 heterocycles. The van der Waals surface area contributed by atoms with E-state index in [1.54, 1.807) is 18.2 Å². The first kappa shape index (κ1) is 16.5. The van der Waals surface area contributed by atoms with Gasteiger partial charge in [-0.15, -0.1) is 11.3 Å². The average molecular weight is 348 g/mol. The zero-order valence-corrected chi connectivity index (χ0v) is 13.7. The smallest absolute Gasteiger partial charge is 0.262 e. The van der Waals surface area contributed by atoms with Gasteiger partial charge < -0.3 is 15.2 Å². The second-order valence-electron chi connectivity index (χ2n) is 4.54. The molecule has 0 aliphatic heterocycles. The van der Waals surface area contributed by atoms with Gasteiger partial charge in [0.25, 0.3) is 5.91 Å². The number of thiophene rings is 1. The average Bonchev–Trinajstić information content (AvgIpc) is 2.75. The quantitative estimate of drug-likeness (QED) is 0.842. The van der Waals surface area contributed by atoms with Crippen LogP contribution in [0, 0.1) is 0 Å². The van der Waals surface area contributed by atoms with Crippen molar-refractivity contribution in [3.05, 3.63) is 33.1 Å². The molecular formula is C14H15Cl2NO3S. The number of fused-ring (bicyclic) bond motifs is 1. The number of aliphatic hydroxyl groups is 1. The van der Waals surface area contributed by atoms with Crippen LogP contribution in [0.5, 0.6) is 0 Å². The normalized spacial score (nSPS) is 12.6. The lowest BCUT2D eigenvalue weighted by Gasteiger charge is -2.09. The number of methoxy groups -OCH3 is 1. The molecule has 7 heteroatoms. The summed E-state index contributed by atoms with van der Waals surface area (Å²) in [5, 5.41) is 14.1. The van der Waals surface area contributed by atoms with E-state index < -0.39 is 6.10 Å². The molecule has 1 aromatic heterocycles. The number of amides is 1. The van der Waals surface area contributed by atoms with E-state index in [1.165, 1.54) is 18.4 Å². The minimum absolute atomic E-state index is 0.248. The van der Waals surface area contributed by atoms with Crippen molar-refractivity contribution in [2.45, 2.75) is 12.5 Å². The standard InChI is InChI=1S/C14H15Cl2NO3S/c1-20-7-9(18)4-5-17-14(19)13-12(16)10-3-2-8(15)6-11(10)21-13/h2-3,6,9,18H,4-5,7H2,1H3,(H,17,19). The number of nitrogens with one attached hydrogen (secondary N) is 1. The topological polar surface area (TPSA) is 58.6 Å². The Labute approximate surface area is 136 Å². The number of aliphatic hydroxyl groups excluding tert-OH is 1. The van der Waals surface area contributed by atoms with E-state index in [9.17, 15) is 9.90 Å². The molecule has 0 saturated carbocycles. The molecule has 2 N–H and O–H groups in total. The lowest BCUT2D eigenvalue weighted by atomic mass is 10.2. The predicted octanol–water partition coefficient (Wildman–Crippen LogP) is 3.34. The highest BCUT2D eigenvalue weighted by Crippen LogP contribution is 2.36. The van der Waals surface area contributed by atoms with Crippen LogP contribution in [0.2, 0.25) is 10.0 Å². The van der Waals surface area contributed by atoms with E-state index in [1.807, 2.05) is 0 Å². The molecule has 1 unspecified atom stereocenters. The van der Waals surface area contributed by atoms with E-state index in [4.69, 9.17) is 27.9 Å². The van der Waals surface area contributed by atoms with Gasteiger partial charge in [0, 0.05) is 28.8 Å². The fourth-order valence-electron chi connectivity index (χ4n) is 1.89. The number of hydrogen-bond acceptors (Lipinski definition) is 4. The van der Waals surface area contributed by atoms with E-state index in [0.29, 0.717) is 27.9 Å². The second-order valence-corrected chi connectivity index (χ2v) is 6.41. The number of carbonyl (C=O) groups excluding carboxylic acids is 1. The highest BCUT2D eigenvalue weighted by molar-refractivity contribution is 7.21. The van der Waals surface area contributed by atoms with Crippen LogP contribution >= 0.6 is 34.5 Å². The van der Waals surface area contributed by atoms with Gasteiger partial charge in [0.05, 0.1) is 17.7 Å². The van der Waals surface area contributed by atoms with Crippen molar-refractivity contribution in [3.8, 4) is 0 Å². The number of carbonyl (C=O) groups is 1. The monoisotopic (exact) mass is 347 g/mol. The van der Waals surface area contributed by atoms with Crippen molar-refractivity contribution < 1.29 is 14.6 Å². The molecule has 21 heavy (non-hydrogen) atoms. The van der Waals surface area contributed by atoms with Gasteiger partial charge in [-0.05, 0) is 18.6 Å². The van der Waals surface area contributed by atoms with Crippen molar-refractivity contribution in [1.29, 1.82) is 0 Å². The Morgan fingerprint density at radius 1 is 1.48 bits per heavy atom. The first-order valence-electron chi connectivity index (χ1n) is 6.35. The fourth-order valence-corrected chi connectivity index (χ4v) is 3.60. The summed E-state index contributed by atoms with van der Waals surface area (Å²) in [7, 11) is 1.52. The molecule has 0 aliphatic rings. The van der Waals surface area contributed by atoms with Crippen LogP contribution in [-0.2, 0) is 4.74 Å². The number of rotatable bonds is 6. The zero-order valence-electron chi connectivity index (χ0n) is 11.4. The van der Waals surface area contributed by atoms with Gasteiger partial charge in [0.15, 0.2) is 0 Å². The molecule has 0 spiro atoms. The maximum absolute atomic E-state index is 12.1. The van der Waals surface area contributed by atoms with E-state index in [0.717, 1.165) is 10.1 Å². The summed E-state index contributed by atoms with van der Waals surface area (Å²) in [6.07, 6.45) is -0.166. The minimum Gasteiger partial charge on any atom is -0.391 e. The Hall–Kier alpha value is -0.850. The third-order valence-electron chi connectivity index (χ3n) is 2.92. The number of halogens is 2. The van der Waals surface area contributed by atoms with Crippen molar-refractivity contribution >= 4 is 50.5 Å². The lowest BCUT2D eigenvalue weighted by Crippen LogP contribution is -2.28. The largest absolute Gasteiger partial charge is 0.391 e. The Morgan fingerprint density at radius 2 is 2.24 bits per heavy atom. The van der Waals surface area contributed by atoms with Gasteiger partial charge in [-0.3, -0.25) is 4.79 Å². The van der Waals surface area contributed by atoms with Gasteiger partial charge in [-0.2, -0.15) is 0 Å². The SMILES string of the molecule is COCC(O)CCNC(=O)c1sc2cc(Cl)ccc2c1Cl. The van der Waals surface area contributed by atoms with Gasteiger partial charge in [-0.1, -0.05) is 29.3 Å². The van der Waals surface area contributed by atoms with Crippen LogP contribution in [0.25, 0.3) is 10.1 Å². The number of hydrogen-bond donors (Lipinski definition) is 2. The van der Waals surface area contributed by atoms with Gasteiger partial charge in [-0.25, -0.2) is 0 Å². The Bertz CT molecular complexity index is 644. The molecule has 0 bridgehead atoms. The molecule has 1 aromatic carbocycles. The van der Waals surface area contributed by atoms with Crippen LogP contribution in [0.3, 0.4) is 0 Å². The molecule has 0 fully saturated rings. The molecule has 114 valence electrons. The van der Waals surface area contributed by atoms with E-state index >= 15 is 0 Å². The maximum Gasteiger partial charge on any atom is 0.262 e. The highest BCUT2D eigenvalue weighted by Gasteiger charge is 2.17. The van der Waals surface area contributed by atoms with Crippen molar-refractivity contribution in [3.63, 3.8) is 0 Å².